The fraction of sp³-hybridized carbons (Fsp3) is 0.500. The highest BCUT2D eigenvalue weighted by atomic mass is 32.2. The lowest BCUT2D eigenvalue weighted by molar-refractivity contribution is 0.0931. The Bertz CT molecular complexity index is 835. The number of hydrogen-bond acceptors (Lipinski definition) is 7. The topological polar surface area (TPSA) is 66.5 Å². The third-order valence-corrected chi connectivity index (χ3v) is 7.87. The van der Waals surface area contributed by atoms with Gasteiger partial charge in [0.05, 0.1) is 19.4 Å². The molecule has 0 aliphatic carbocycles. The van der Waals surface area contributed by atoms with Gasteiger partial charge in [-0.25, -0.2) is 4.98 Å². The van der Waals surface area contributed by atoms with Gasteiger partial charge in [0.2, 0.25) is 0 Å². The number of nitrogens with one attached hydrogen (secondary N) is 2. The summed E-state index contributed by atoms with van der Waals surface area (Å²) in [6.07, 6.45) is 5.42. The maximum Gasteiger partial charge on any atom is 0.251 e. The van der Waals surface area contributed by atoms with Gasteiger partial charge < -0.3 is 20.3 Å². The van der Waals surface area contributed by atoms with Crippen LogP contribution in [0.2, 0.25) is 0 Å². The monoisotopic (exact) mass is 416 g/mol. The van der Waals surface area contributed by atoms with E-state index in [0.29, 0.717) is 12.1 Å². The van der Waals surface area contributed by atoms with Gasteiger partial charge in [-0.2, -0.15) is 0 Å². The van der Waals surface area contributed by atoms with Gasteiger partial charge in [0.1, 0.15) is 5.00 Å². The summed E-state index contributed by atoms with van der Waals surface area (Å²) in [4.78, 5) is 20.5. The lowest BCUT2D eigenvalue weighted by Crippen LogP contribution is -2.42. The Morgan fingerprint density at radius 3 is 2.79 bits per heavy atom. The molecular formula is C20H24N4O2S2. The summed E-state index contributed by atoms with van der Waals surface area (Å²) in [5, 5.41) is 7.96. The lowest BCUT2D eigenvalue weighted by atomic mass is 9.95. The number of carbonyl (C=O) groups is 1. The van der Waals surface area contributed by atoms with Crippen molar-refractivity contribution in [2.24, 2.45) is 0 Å². The molecule has 5 rings (SSSR count). The average molecular weight is 417 g/mol. The quantitative estimate of drug-likeness (QED) is 0.781. The Hall–Kier alpha value is -1.61. The summed E-state index contributed by atoms with van der Waals surface area (Å²) in [5.74, 6) is 0.0275. The minimum absolute atomic E-state index is 0.0275. The number of fused-ring (bicyclic) bond motifs is 2. The molecule has 6 nitrogen and oxygen atoms in total. The minimum atomic E-state index is 0.0275. The normalized spacial score (nSPS) is 26.6. The molecule has 2 aromatic rings. The zero-order chi connectivity index (χ0) is 18.9. The van der Waals surface area contributed by atoms with Gasteiger partial charge >= 0.3 is 0 Å². The van der Waals surface area contributed by atoms with Crippen LogP contribution in [0, 0.1) is 0 Å². The first kappa shape index (κ1) is 18.4. The van der Waals surface area contributed by atoms with Crippen LogP contribution in [0.3, 0.4) is 0 Å². The van der Waals surface area contributed by atoms with Gasteiger partial charge in [0.25, 0.3) is 5.91 Å². The molecule has 1 amide bonds. The molecule has 8 heteroatoms. The van der Waals surface area contributed by atoms with Gasteiger partial charge in [-0.05, 0) is 43.5 Å². The summed E-state index contributed by atoms with van der Waals surface area (Å²) >= 11 is 3.35. The Kier molecular flexibility index (Phi) is 5.28. The highest BCUT2D eigenvalue weighted by molar-refractivity contribution is 8.01. The van der Waals surface area contributed by atoms with Crippen molar-refractivity contribution in [3.8, 4) is 0 Å². The summed E-state index contributed by atoms with van der Waals surface area (Å²) in [6, 6.07) is 9.16. The van der Waals surface area contributed by atoms with E-state index in [2.05, 4.69) is 20.5 Å². The number of amides is 1. The second kappa shape index (κ2) is 8.02. The zero-order valence-electron chi connectivity index (χ0n) is 15.6. The highest BCUT2D eigenvalue weighted by Gasteiger charge is 2.39. The smallest absolute Gasteiger partial charge is 0.251 e. The van der Waals surface area contributed by atoms with E-state index in [-0.39, 0.29) is 11.9 Å². The van der Waals surface area contributed by atoms with Gasteiger partial charge in [0.15, 0.2) is 4.34 Å². The number of ether oxygens (including phenoxy) is 1. The van der Waals surface area contributed by atoms with Crippen molar-refractivity contribution in [2.45, 2.75) is 46.6 Å². The minimum Gasteiger partial charge on any atom is -0.378 e. The van der Waals surface area contributed by atoms with Gasteiger partial charge in [-0.15, -0.1) is 0 Å². The maximum atomic E-state index is 12.6. The van der Waals surface area contributed by atoms with Gasteiger partial charge in [-0.1, -0.05) is 23.1 Å². The molecule has 4 heterocycles. The highest BCUT2D eigenvalue weighted by Crippen LogP contribution is 2.35. The maximum absolute atomic E-state index is 12.6. The molecule has 0 spiro atoms. The van der Waals surface area contributed by atoms with Crippen molar-refractivity contribution in [3.63, 3.8) is 0 Å². The number of rotatable bonds is 5. The summed E-state index contributed by atoms with van der Waals surface area (Å²) < 4.78 is 6.43. The lowest BCUT2D eigenvalue weighted by Gasteiger charge is -2.26. The third-order valence-electron chi connectivity index (χ3n) is 5.73. The Labute approximate surface area is 173 Å². The van der Waals surface area contributed by atoms with Crippen LogP contribution in [0.15, 0.2) is 39.7 Å². The van der Waals surface area contributed by atoms with Crippen molar-refractivity contribution in [2.75, 3.05) is 31.2 Å². The number of nitrogens with zero attached hydrogens (tertiary/aromatic N) is 2. The van der Waals surface area contributed by atoms with E-state index in [1.54, 1.807) is 23.1 Å². The molecule has 3 atom stereocenters. The molecule has 0 saturated carbocycles. The number of thiazole rings is 1. The summed E-state index contributed by atoms with van der Waals surface area (Å²) in [5.41, 5.74) is 0.722. The molecule has 3 aliphatic rings. The van der Waals surface area contributed by atoms with Crippen molar-refractivity contribution in [3.05, 3.63) is 36.0 Å². The largest absolute Gasteiger partial charge is 0.378 e. The Morgan fingerprint density at radius 1 is 1.25 bits per heavy atom. The predicted octanol–water partition coefficient (Wildman–Crippen LogP) is 2.75. The van der Waals surface area contributed by atoms with Crippen LogP contribution in [-0.4, -0.2) is 55.3 Å². The number of benzene rings is 1. The van der Waals surface area contributed by atoms with Crippen LogP contribution in [0.1, 0.15) is 29.6 Å². The molecule has 1 aromatic carbocycles. The molecule has 0 unspecified atom stereocenters. The summed E-state index contributed by atoms with van der Waals surface area (Å²) in [6.45, 7) is 3.41. The Balaban J connectivity index is 1.18. The van der Waals surface area contributed by atoms with Crippen LogP contribution >= 0.6 is 23.1 Å². The number of anilines is 1. The Morgan fingerprint density at radius 2 is 2.07 bits per heavy atom. The van der Waals surface area contributed by atoms with E-state index in [1.807, 2.05) is 30.5 Å². The van der Waals surface area contributed by atoms with E-state index >= 15 is 0 Å². The van der Waals surface area contributed by atoms with Crippen molar-refractivity contribution in [1.29, 1.82) is 0 Å². The molecule has 28 heavy (non-hydrogen) atoms. The van der Waals surface area contributed by atoms with E-state index in [9.17, 15) is 4.79 Å². The van der Waals surface area contributed by atoms with Gasteiger partial charge in [-0.3, -0.25) is 4.79 Å². The first-order valence-electron chi connectivity index (χ1n) is 9.88. The molecule has 2 N–H and O–H groups in total. The number of hydrogen-bond donors (Lipinski definition) is 2. The summed E-state index contributed by atoms with van der Waals surface area (Å²) in [7, 11) is 0. The number of carbonyl (C=O) groups excluding carboxylic acids is 1. The van der Waals surface area contributed by atoms with Crippen LogP contribution in [0.5, 0.6) is 0 Å². The standard InChI is InChI=1S/C20H24N4O2S2/c25-19(23-17-11-14-3-6-16(17)22-14)13-1-4-15(5-2-13)27-20-21-12-18(28-20)24-7-9-26-10-8-24/h1-2,4-5,12,14,16-17,22H,3,6-11H2,(H,23,25)/t14-,16+,17-/m1/s1. The van der Waals surface area contributed by atoms with E-state index in [1.165, 1.54) is 17.8 Å². The van der Waals surface area contributed by atoms with E-state index in [4.69, 9.17) is 4.74 Å². The molecular weight excluding hydrogens is 392 g/mol. The van der Waals surface area contributed by atoms with Crippen molar-refractivity contribution in [1.82, 2.24) is 15.6 Å². The SMILES string of the molecule is O=C(N[C@@H]1C[C@H]2CC[C@@H]1N2)c1ccc(Sc2ncc(N3CCOCC3)s2)cc1. The molecule has 1 aromatic heterocycles. The first-order valence-corrected chi connectivity index (χ1v) is 11.5. The van der Waals surface area contributed by atoms with E-state index < -0.39 is 0 Å². The molecule has 148 valence electrons. The number of morpholine rings is 1. The fourth-order valence-corrected chi connectivity index (χ4v) is 6.23. The van der Waals surface area contributed by atoms with Gasteiger partial charge in [0, 0.05) is 41.7 Å². The molecule has 3 aliphatic heterocycles. The third kappa shape index (κ3) is 3.91. The molecule has 2 bridgehead atoms. The molecule has 3 saturated heterocycles. The average Bonchev–Trinajstić information content (AvgIpc) is 3.46. The molecule has 0 radical (unpaired) electrons. The van der Waals surface area contributed by atoms with Crippen LogP contribution in [0.25, 0.3) is 0 Å². The van der Waals surface area contributed by atoms with Crippen LogP contribution in [-0.2, 0) is 4.74 Å². The zero-order valence-corrected chi connectivity index (χ0v) is 17.2. The molecule has 3 fully saturated rings. The fourth-order valence-electron chi connectivity index (χ4n) is 4.24. The van der Waals surface area contributed by atoms with Crippen molar-refractivity contribution < 1.29 is 9.53 Å². The van der Waals surface area contributed by atoms with E-state index in [0.717, 1.165) is 47.5 Å². The van der Waals surface area contributed by atoms with Crippen molar-refractivity contribution >= 4 is 34.0 Å². The second-order valence-electron chi connectivity index (χ2n) is 7.55. The second-order valence-corrected chi connectivity index (χ2v) is 9.88. The first-order chi connectivity index (χ1) is 13.7. The van der Waals surface area contributed by atoms with Crippen LogP contribution in [0.4, 0.5) is 5.00 Å². The predicted molar refractivity (Wildman–Crippen MR) is 112 cm³/mol. The number of aromatic nitrogens is 1. The van der Waals surface area contributed by atoms with Crippen LogP contribution < -0.4 is 15.5 Å².